The molecular formula is C46H30N2S. The van der Waals surface area contributed by atoms with Crippen molar-refractivity contribution in [3.63, 3.8) is 0 Å². The molecular weight excluding hydrogens is 613 g/mol. The van der Waals surface area contributed by atoms with Crippen LogP contribution in [0.3, 0.4) is 0 Å². The van der Waals surface area contributed by atoms with Gasteiger partial charge in [0.05, 0.1) is 27.1 Å². The number of hydrogen-bond donors (Lipinski definition) is 0. The molecule has 0 bridgehead atoms. The van der Waals surface area contributed by atoms with Crippen LogP contribution in [-0.4, -0.2) is 4.57 Å². The highest BCUT2D eigenvalue weighted by molar-refractivity contribution is 7.26. The van der Waals surface area contributed by atoms with E-state index in [-0.39, 0.29) is 0 Å². The molecule has 10 aromatic rings. The van der Waals surface area contributed by atoms with Gasteiger partial charge in [-0.1, -0.05) is 127 Å². The number of anilines is 3. The summed E-state index contributed by atoms with van der Waals surface area (Å²) in [5, 5.41) is 7.49. The number of aromatic nitrogens is 1. The molecule has 0 aliphatic carbocycles. The van der Waals surface area contributed by atoms with Crippen LogP contribution in [0.1, 0.15) is 0 Å². The number of rotatable bonds is 5. The van der Waals surface area contributed by atoms with Crippen LogP contribution in [0.25, 0.3) is 69.6 Å². The lowest BCUT2D eigenvalue weighted by Crippen LogP contribution is -2.10. The minimum absolute atomic E-state index is 1.13. The number of para-hydroxylation sites is 2. The van der Waals surface area contributed by atoms with E-state index in [1.807, 2.05) is 11.3 Å². The van der Waals surface area contributed by atoms with Crippen molar-refractivity contribution in [2.75, 3.05) is 4.90 Å². The summed E-state index contributed by atoms with van der Waals surface area (Å²) in [6.07, 6.45) is 0. The molecule has 0 amide bonds. The summed E-state index contributed by atoms with van der Waals surface area (Å²) in [6.45, 7) is 0. The first-order chi connectivity index (χ1) is 24.3. The Kier molecular flexibility index (Phi) is 6.39. The molecule has 2 nitrogen and oxygen atoms in total. The van der Waals surface area contributed by atoms with Crippen molar-refractivity contribution >= 4 is 81.1 Å². The number of nitrogens with zero attached hydrogens (tertiary/aromatic N) is 2. The zero-order valence-electron chi connectivity index (χ0n) is 26.6. The van der Waals surface area contributed by atoms with Crippen molar-refractivity contribution < 1.29 is 0 Å². The van der Waals surface area contributed by atoms with E-state index in [1.165, 1.54) is 69.6 Å². The number of hydrogen-bond acceptors (Lipinski definition) is 2. The summed E-state index contributed by atoms with van der Waals surface area (Å²) in [5.74, 6) is 0. The minimum atomic E-state index is 1.13. The molecule has 0 saturated carbocycles. The maximum absolute atomic E-state index is 2.50. The molecule has 8 aromatic carbocycles. The standard InChI is InChI=1S/C46H30N2S/c1-4-15-31(16-5-1)32-27-28-40-39(29-32)44-42(30-33-17-10-11-22-36(33)45(44)48(40)35-20-8-3-9-21-35)47(34-18-6-2-7-19-34)41-25-14-24-38-37-23-12-13-26-43(37)49-46(38)41/h1-30H. The van der Waals surface area contributed by atoms with Gasteiger partial charge in [-0.05, 0) is 71.1 Å². The van der Waals surface area contributed by atoms with Gasteiger partial charge in [-0.15, -0.1) is 11.3 Å². The Morgan fingerprint density at radius 1 is 0.449 bits per heavy atom. The lowest BCUT2D eigenvalue weighted by Gasteiger charge is -2.27. The third kappa shape index (κ3) is 4.40. The fourth-order valence-electron chi connectivity index (χ4n) is 7.59. The lowest BCUT2D eigenvalue weighted by atomic mass is 9.99. The lowest BCUT2D eigenvalue weighted by molar-refractivity contribution is 1.19. The zero-order valence-corrected chi connectivity index (χ0v) is 27.4. The second-order valence-corrected chi connectivity index (χ2v) is 13.6. The maximum Gasteiger partial charge on any atom is 0.0640 e. The van der Waals surface area contributed by atoms with Gasteiger partial charge < -0.3 is 9.47 Å². The van der Waals surface area contributed by atoms with E-state index >= 15 is 0 Å². The van der Waals surface area contributed by atoms with Gasteiger partial charge in [-0.25, -0.2) is 0 Å². The SMILES string of the molecule is c1ccc(-c2ccc3c(c2)c2c(N(c4ccccc4)c4cccc5c4sc4ccccc45)cc4ccccc4c2n3-c2ccccc2)cc1. The second-order valence-electron chi connectivity index (χ2n) is 12.5. The third-order valence-electron chi connectivity index (χ3n) is 9.73. The van der Waals surface area contributed by atoms with E-state index in [2.05, 4.69) is 191 Å². The molecule has 0 aliphatic rings. The van der Waals surface area contributed by atoms with Crippen molar-refractivity contribution in [1.29, 1.82) is 0 Å². The van der Waals surface area contributed by atoms with Crippen LogP contribution in [0, 0.1) is 0 Å². The summed E-state index contributed by atoms with van der Waals surface area (Å²) in [6, 6.07) is 66.2. The van der Waals surface area contributed by atoms with Gasteiger partial charge in [0.2, 0.25) is 0 Å². The molecule has 0 unspecified atom stereocenters. The van der Waals surface area contributed by atoms with Gasteiger partial charge in [-0.3, -0.25) is 0 Å². The van der Waals surface area contributed by atoms with Gasteiger partial charge >= 0.3 is 0 Å². The van der Waals surface area contributed by atoms with Gasteiger partial charge in [-0.2, -0.15) is 0 Å². The maximum atomic E-state index is 2.50. The molecule has 2 heterocycles. The molecule has 230 valence electrons. The molecule has 3 heteroatoms. The summed E-state index contributed by atoms with van der Waals surface area (Å²) in [5.41, 5.74) is 9.44. The molecule has 0 saturated heterocycles. The predicted octanol–water partition coefficient (Wildman–Crippen LogP) is 13.4. The first-order valence-corrected chi connectivity index (χ1v) is 17.5. The number of fused-ring (bicyclic) bond motifs is 8. The first kappa shape index (κ1) is 27.9. The molecule has 0 N–H and O–H groups in total. The van der Waals surface area contributed by atoms with Crippen LogP contribution in [0.5, 0.6) is 0 Å². The van der Waals surface area contributed by atoms with Gasteiger partial charge in [0.1, 0.15) is 0 Å². The van der Waals surface area contributed by atoms with Crippen molar-refractivity contribution in [3.05, 3.63) is 182 Å². The summed E-state index contributed by atoms with van der Waals surface area (Å²) >= 11 is 1.87. The zero-order chi connectivity index (χ0) is 32.3. The topological polar surface area (TPSA) is 8.17 Å². The van der Waals surface area contributed by atoms with E-state index in [0.29, 0.717) is 0 Å². The predicted molar refractivity (Wildman–Crippen MR) is 211 cm³/mol. The highest BCUT2D eigenvalue weighted by Crippen LogP contribution is 2.50. The van der Waals surface area contributed by atoms with Crippen LogP contribution < -0.4 is 4.90 Å². The molecule has 2 aromatic heterocycles. The number of benzene rings is 8. The molecule has 0 fully saturated rings. The van der Waals surface area contributed by atoms with E-state index in [4.69, 9.17) is 0 Å². The Balaban J connectivity index is 1.40. The summed E-state index contributed by atoms with van der Waals surface area (Å²) in [4.78, 5) is 2.50. The Morgan fingerprint density at radius 3 is 1.94 bits per heavy atom. The fraction of sp³-hybridized carbons (Fsp3) is 0. The molecule has 0 atom stereocenters. The van der Waals surface area contributed by atoms with Crippen molar-refractivity contribution in [1.82, 2.24) is 4.57 Å². The van der Waals surface area contributed by atoms with Crippen molar-refractivity contribution in [2.24, 2.45) is 0 Å². The largest absolute Gasteiger partial charge is 0.309 e. The fourth-order valence-corrected chi connectivity index (χ4v) is 8.79. The minimum Gasteiger partial charge on any atom is -0.309 e. The molecule has 49 heavy (non-hydrogen) atoms. The Hall–Kier alpha value is -6.16. The van der Waals surface area contributed by atoms with E-state index in [9.17, 15) is 0 Å². The highest BCUT2D eigenvalue weighted by Gasteiger charge is 2.25. The smallest absolute Gasteiger partial charge is 0.0640 e. The van der Waals surface area contributed by atoms with E-state index in [1.54, 1.807) is 0 Å². The summed E-state index contributed by atoms with van der Waals surface area (Å²) < 4.78 is 5.05. The average molecular weight is 643 g/mol. The van der Waals surface area contributed by atoms with Gasteiger partial charge in [0.15, 0.2) is 0 Å². The van der Waals surface area contributed by atoms with Crippen LogP contribution in [0.4, 0.5) is 17.1 Å². The van der Waals surface area contributed by atoms with E-state index < -0.39 is 0 Å². The molecule has 0 aliphatic heterocycles. The van der Waals surface area contributed by atoms with Crippen molar-refractivity contribution in [3.8, 4) is 16.8 Å². The van der Waals surface area contributed by atoms with Crippen LogP contribution in [-0.2, 0) is 0 Å². The van der Waals surface area contributed by atoms with Crippen LogP contribution in [0.15, 0.2) is 182 Å². The average Bonchev–Trinajstić information content (AvgIpc) is 3.73. The monoisotopic (exact) mass is 642 g/mol. The first-order valence-electron chi connectivity index (χ1n) is 16.7. The highest BCUT2D eigenvalue weighted by atomic mass is 32.1. The molecule has 10 rings (SSSR count). The Labute approximate surface area is 288 Å². The Morgan fingerprint density at radius 2 is 1.12 bits per heavy atom. The Bertz CT molecular complexity index is 2810. The van der Waals surface area contributed by atoms with Crippen LogP contribution >= 0.6 is 11.3 Å². The van der Waals surface area contributed by atoms with Crippen molar-refractivity contribution in [2.45, 2.75) is 0 Å². The van der Waals surface area contributed by atoms with E-state index in [0.717, 1.165) is 17.1 Å². The van der Waals surface area contributed by atoms with Crippen LogP contribution in [0.2, 0.25) is 0 Å². The number of thiophene rings is 1. The third-order valence-corrected chi connectivity index (χ3v) is 10.9. The molecule has 0 radical (unpaired) electrons. The van der Waals surface area contributed by atoms with Gasteiger partial charge in [0, 0.05) is 43.0 Å². The molecule has 0 spiro atoms. The normalized spacial score (nSPS) is 11.7. The van der Waals surface area contributed by atoms with Gasteiger partial charge in [0.25, 0.3) is 0 Å². The quantitative estimate of drug-likeness (QED) is 0.181. The second kappa shape index (κ2) is 11.2. The summed E-state index contributed by atoms with van der Waals surface area (Å²) in [7, 11) is 0.